The van der Waals surface area contributed by atoms with Gasteiger partial charge in [-0.25, -0.2) is 4.98 Å². The molecule has 0 aliphatic heterocycles. The highest BCUT2D eigenvalue weighted by Crippen LogP contribution is 2.22. The van der Waals surface area contributed by atoms with E-state index in [1.807, 2.05) is 0 Å². The summed E-state index contributed by atoms with van der Waals surface area (Å²) in [6.45, 7) is 0. The molecule has 2 N–H and O–H groups in total. The summed E-state index contributed by atoms with van der Waals surface area (Å²) in [5.41, 5.74) is 1.86. The molecule has 0 radical (unpaired) electrons. The number of oxazole rings is 1. The summed E-state index contributed by atoms with van der Waals surface area (Å²) in [4.78, 5) is 3.95. The van der Waals surface area contributed by atoms with Gasteiger partial charge in [-0.05, 0) is 17.7 Å². The monoisotopic (exact) mass is 227 g/mol. The van der Waals surface area contributed by atoms with Gasteiger partial charge in [0.2, 0.25) is 0 Å². The third-order valence-corrected chi connectivity index (χ3v) is 2.53. The highest BCUT2D eigenvalue weighted by Gasteiger charge is 2.17. The van der Waals surface area contributed by atoms with Crippen LogP contribution in [0.15, 0.2) is 29.0 Å². The minimum Gasteiger partial charge on any atom is -0.443 e. The highest BCUT2D eigenvalue weighted by atomic mass is 35.5. The Balaban J connectivity index is 2.35. The molecule has 0 spiro atoms. The second-order valence-corrected chi connectivity index (χ2v) is 3.55. The quantitative estimate of drug-likeness (QED) is 0.780. The number of aliphatic hydroxyl groups is 2. The summed E-state index contributed by atoms with van der Waals surface area (Å²) in [5.74, 6) is -0.0159. The molecule has 0 fully saturated rings. The van der Waals surface area contributed by atoms with Crippen LogP contribution in [0.5, 0.6) is 0 Å². The zero-order valence-corrected chi connectivity index (χ0v) is 8.55. The van der Waals surface area contributed by atoms with Crippen LogP contribution in [-0.2, 0) is 0 Å². The number of fused-ring (bicyclic) bond motifs is 1. The van der Waals surface area contributed by atoms with Crippen molar-refractivity contribution in [1.29, 1.82) is 0 Å². The van der Waals surface area contributed by atoms with Gasteiger partial charge in [-0.3, -0.25) is 0 Å². The normalized spacial score (nSPS) is 15.4. The fourth-order valence-electron chi connectivity index (χ4n) is 1.37. The summed E-state index contributed by atoms with van der Waals surface area (Å²) >= 11 is 5.45. The first-order valence-electron chi connectivity index (χ1n) is 4.47. The number of hydrogen-bond acceptors (Lipinski definition) is 4. The predicted molar refractivity (Wildman–Crippen MR) is 55.7 cm³/mol. The maximum atomic E-state index is 9.69. The number of rotatable bonds is 3. The van der Waals surface area contributed by atoms with Crippen LogP contribution < -0.4 is 0 Å². The Morgan fingerprint density at radius 3 is 2.93 bits per heavy atom. The van der Waals surface area contributed by atoms with Crippen molar-refractivity contribution in [1.82, 2.24) is 4.98 Å². The number of alkyl halides is 1. The van der Waals surface area contributed by atoms with Crippen molar-refractivity contribution < 1.29 is 14.6 Å². The maximum Gasteiger partial charge on any atom is 0.181 e. The molecular weight excluding hydrogens is 218 g/mol. The van der Waals surface area contributed by atoms with Gasteiger partial charge in [0.05, 0.1) is 12.0 Å². The Labute approximate surface area is 91.1 Å². The summed E-state index contributed by atoms with van der Waals surface area (Å²) in [6, 6.07) is 5.04. The Morgan fingerprint density at radius 1 is 1.40 bits per heavy atom. The van der Waals surface area contributed by atoms with E-state index in [1.54, 1.807) is 18.2 Å². The standard InChI is InChI=1S/C10H10ClNO3/c11-4-8(13)10(14)6-1-2-9-7(3-6)12-5-15-9/h1-3,5,8,10,13-14H,4H2. The number of aromatic nitrogens is 1. The molecule has 2 atom stereocenters. The van der Waals surface area contributed by atoms with Crippen LogP contribution >= 0.6 is 11.6 Å². The summed E-state index contributed by atoms with van der Waals surface area (Å²) in [5, 5.41) is 19.1. The van der Waals surface area contributed by atoms with Gasteiger partial charge in [-0.2, -0.15) is 0 Å². The largest absolute Gasteiger partial charge is 0.443 e. The van der Waals surface area contributed by atoms with Crippen LogP contribution in [0.3, 0.4) is 0 Å². The molecule has 0 aliphatic carbocycles. The van der Waals surface area contributed by atoms with Gasteiger partial charge in [0.15, 0.2) is 12.0 Å². The first kappa shape index (κ1) is 10.4. The third kappa shape index (κ3) is 1.97. The van der Waals surface area contributed by atoms with Crippen molar-refractivity contribution in [2.45, 2.75) is 12.2 Å². The van der Waals surface area contributed by atoms with Crippen LogP contribution in [0.4, 0.5) is 0 Å². The first-order valence-corrected chi connectivity index (χ1v) is 5.01. The molecule has 80 valence electrons. The molecule has 5 heteroatoms. The van der Waals surface area contributed by atoms with Gasteiger partial charge in [0, 0.05) is 0 Å². The molecule has 15 heavy (non-hydrogen) atoms. The van der Waals surface area contributed by atoms with E-state index in [4.69, 9.17) is 16.0 Å². The minimum absolute atomic E-state index is 0.0159. The van der Waals surface area contributed by atoms with Crippen molar-refractivity contribution in [2.75, 3.05) is 5.88 Å². The molecule has 0 aliphatic rings. The molecule has 0 bridgehead atoms. The van der Waals surface area contributed by atoms with Crippen molar-refractivity contribution in [3.8, 4) is 0 Å². The second kappa shape index (κ2) is 4.18. The molecule has 0 amide bonds. The number of aliphatic hydroxyl groups excluding tert-OH is 2. The van der Waals surface area contributed by atoms with E-state index in [2.05, 4.69) is 4.98 Å². The lowest BCUT2D eigenvalue weighted by molar-refractivity contribution is 0.0328. The zero-order chi connectivity index (χ0) is 10.8. The van der Waals surface area contributed by atoms with Gasteiger partial charge in [0.1, 0.15) is 11.6 Å². The molecule has 0 saturated carbocycles. The average molecular weight is 228 g/mol. The van der Waals surface area contributed by atoms with Gasteiger partial charge < -0.3 is 14.6 Å². The van der Waals surface area contributed by atoms with E-state index in [-0.39, 0.29) is 5.88 Å². The van der Waals surface area contributed by atoms with Crippen molar-refractivity contribution in [2.24, 2.45) is 0 Å². The fourth-order valence-corrected chi connectivity index (χ4v) is 1.53. The van der Waals surface area contributed by atoms with Crippen LogP contribution in [0.25, 0.3) is 11.1 Å². The smallest absolute Gasteiger partial charge is 0.181 e. The van der Waals surface area contributed by atoms with Gasteiger partial charge in [-0.15, -0.1) is 11.6 Å². The van der Waals surface area contributed by atoms with E-state index in [0.29, 0.717) is 16.7 Å². The Morgan fingerprint density at radius 2 is 2.20 bits per heavy atom. The van der Waals surface area contributed by atoms with Gasteiger partial charge in [0.25, 0.3) is 0 Å². The third-order valence-electron chi connectivity index (χ3n) is 2.22. The topological polar surface area (TPSA) is 66.5 Å². The second-order valence-electron chi connectivity index (χ2n) is 3.25. The minimum atomic E-state index is -0.997. The van der Waals surface area contributed by atoms with Crippen molar-refractivity contribution in [3.63, 3.8) is 0 Å². The SMILES string of the molecule is OC(CCl)C(O)c1ccc2ocnc2c1. The van der Waals surface area contributed by atoms with Gasteiger partial charge in [-0.1, -0.05) is 6.07 Å². The molecule has 2 aromatic rings. The lowest BCUT2D eigenvalue weighted by Gasteiger charge is -2.15. The molecule has 1 aromatic carbocycles. The Bertz CT molecular complexity index is 457. The molecule has 1 aromatic heterocycles. The molecule has 2 unspecified atom stereocenters. The molecular formula is C10H10ClNO3. The van der Waals surface area contributed by atoms with E-state index in [1.165, 1.54) is 6.39 Å². The molecule has 4 nitrogen and oxygen atoms in total. The van der Waals surface area contributed by atoms with Crippen LogP contribution in [0.2, 0.25) is 0 Å². The number of benzene rings is 1. The fraction of sp³-hybridized carbons (Fsp3) is 0.300. The summed E-state index contributed by atoms with van der Waals surface area (Å²) in [6.07, 6.45) is -0.640. The molecule has 0 saturated heterocycles. The van der Waals surface area contributed by atoms with Crippen molar-refractivity contribution >= 4 is 22.7 Å². The van der Waals surface area contributed by atoms with Gasteiger partial charge >= 0.3 is 0 Å². The number of halogens is 1. The highest BCUT2D eigenvalue weighted by molar-refractivity contribution is 6.18. The predicted octanol–water partition coefficient (Wildman–Crippen LogP) is 1.46. The number of hydrogen-bond donors (Lipinski definition) is 2. The Kier molecular flexibility index (Phi) is 2.90. The van der Waals surface area contributed by atoms with E-state index in [0.717, 1.165) is 0 Å². The van der Waals surface area contributed by atoms with Crippen LogP contribution in [-0.4, -0.2) is 27.2 Å². The zero-order valence-electron chi connectivity index (χ0n) is 7.80. The summed E-state index contributed by atoms with van der Waals surface area (Å²) in [7, 11) is 0. The Hall–Kier alpha value is -1.10. The molecule has 1 heterocycles. The van der Waals surface area contributed by atoms with Crippen LogP contribution in [0.1, 0.15) is 11.7 Å². The summed E-state index contributed by atoms with van der Waals surface area (Å²) < 4.78 is 5.06. The van der Waals surface area contributed by atoms with E-state index < -0.39 is 12.2 Å². The average Bonchev–Trinajstić information content (AvgIpc) is 2.73. The van der Waals surface area contributed by atoms with Crippen LogP contribution in [0, 0.1) is 0 Å². The lowest BCUT2D eigenvalue weighted by Crippen LogP contribution is -2.19. The van der Waals surface area contributed by atoms with Crippen molar-refractivity contribution in [3.05, 3.63) is 30.2 Å². The van der Waals surface area contributed by atoms with E-state index in [9.17, 15) is 10.2 Å². The lowest BCUT2D eigenvalue weighted by atomic mass is 10.1. The maximum absolute atomic E-state index is 9.69. The number of nitrogens with zero attached hydrogens (tertiary/aromatic N) is 1. The first-order chi connectivity index (χ1) is 7.22. The molecule has 2 rings (SSSR count). The van der Waals surface area contributed by atoms with E-state index >= 15 is 0 Å².